The van der Waals surface area contributed by atoms with Gasteiger partial charge in [-0.05, 0) is 31.0 Å². The lowest BCUT2D eigenvalue weighted by Gasteiger charge is -2.17. The Morgan fingerprint density at radius 3 is 2.62 bits per heavy atom. The predicted molar refractivity (Wildman–Crippen MR) is 66.3 cm³/mol. The van der Waals surface area contributed by atoms with Crippen molar-refractivity contribution in [1.29, 1.82) is 0 Å². The van der Waals surface area contributed by atoms with Gasteiger partial charge in [0.25, 0.3) is 0 Å². The van der Waals surface area contributed by atoms with E-state index < -0.39 is 0 Å². The smallest absolute Gasteiger partial charge is 0.180 e. The average molecular weight is 244 g/mol. The van der Waals surface area contributed by atoms with Crippen LogP contribution in [0.2, 0.25) is 5.02 Å². The van der Waals surface area contributed by atoms with E-state index in [1.54, 1.807) is 7.11 Å². The lowest BCUT2D eigenvalue weighted by molar-refractivity contribution is 0.207. The third kappa shape index (κ3) is 3.03. The summed E-state index contributed by atoms with van der Waals surface area (Å²) in [6, 6.07) is 3.66. The van der Waals surface area contributed by atoms with Gasteiger partial charge >= 0.3 is 0 Å². The monoisotopic (exact) mass is 243 g/mol. The molecule has 0 aliphatic heterocycles. The minimum Gasteiger partial charge on any atom is -0.493 e. The molecule has 0 amide bonds. The molecule has 0 saturated heterocycles. The highest BCUT2D eigenvalue weighted by Crippen LogP contribution is 2.37. The molecule has 0 radical (unpaired) electrons. The van der Waals surface area contributed by atoms with Crippen LogP contribution < -0.4 is 15.2 Å². The van der Waals surface area contributed by atoms with Crippen LogP contribution in [-0.2, 0) is 6.54 Å². The molecule has 0 saturated carbocycles. The third-order valence-electron chi connectivity index (χ3n) is 2.42. The average Bonchev–Trinajstić information content (AvgIpc) is 2.30. The lowest BCUT2D eigenvalue weighted by Crippen LogP contribution is -2.11. The summed E-state index contributed by atoms with van der Waals surface area (Å²) < 4.78 is 11.0. The second-order valence-electron chi connectivity index (χ2n) is 3.65. The third-order valence-corrected chi connectivity index (χ3v) is 2.70. The van der Waals surface area contributed by atoms with E-state index in [9.17, 15) is 0 Å². The van der Waals surface area contributed by atoms with Gasteiger partial charge in [0.1, 0.15) is 0 Å². The Hall–Kier alpha value is -0.930. The molecule has 0 bridgehead atoms. The number of hydrogen-bond donors (Lipinski definition) is 1. The fraction of sp³-hybridized carbons (Fsp3) is 0.500. The largest absolute Gasteiger partial charge is 0.493 e. The zero-order chi connectivity index (χ0) is 12.1. The maximum atomic E-state index is 6.13. The van der Waals surface area contributed by atoms with Crippen LogP contribution in [0.3, 0.4) is 0 Å². The van der Waals surface area contributed by atoms with Crippen molar-refractivity contribution in [3.05, 3.63) is 22.7 Å². The molecule has 16 heavy (non-hydrogen) atoms. The topological polar surface area (TPSA) is 44.5 Å². The normalized spacial score (nSPS) is 12.3. The van der Waals surface area contributed by atoms with E-state index in [0.29, 0.717) is 23.1 Å². The summed E-state index contributed by atoms with van der Waals surface area (Å²) in [5.41, 5.74) is 6.49. The second kappa shape index (κ2) is 5.97. The molecule has 0 aliphatic rings. The minimum absolute atomic E-state index is 0.107. The molecule has 3 nitrogen and oxygen atoms in total. The van der Waals surface area contributed by atoms with Gasteiger partial charge in [0.15, 0.2) is 11.5 Å². The summed E-state index contributed by atoms with van der Waals surface area (Å²) in [7, 11) is 1.59. The molecular formula is C12H18ClNO2. The first kappa shape index (κ1) is 13.1. The zero-order valence-electron chi connectivity index (χ0n) is 9.92. The van der Waals surface area contributed by atoms with E-state index in [-0.39, 0.29) is 6.10 Å². The minimum atomic E-state index is 0.107. The molecule has 0 heterocycles. The van der Waals surface area contributed by atoms with Crippen LogP contribution in [0.1, 0.15) is 25.8 Å². The number of ether oxygens (including phenoxy) is 2. The molecule has 0 aromatic heterocycles. The van der Waals surface area contributed by atoms with Crippen molar-refractivity contribution in [2.45, 2.75) is 32.9 Å². The van der Waals surface area contributed by atoms with Crippen molar-refractivity contribution >= 4 is 11.6 Å². The molecule has 0 aliphatic carbocycles. The van der Waals surface area contributed by atoms with E-state index in [1.165, 1.54) is 0 Å². The molecule has 1 aromatic rings. The molecule has 1 rings (SSSR count). The van der Waals surface area contributed by atoms with Crippen molar-refractivity contribution in [2.75, 3.05) is 7.11 Å². The Labute approximate surface area is 101 Å². The summed E-state index contributed by atoms with van der Waals surface area (Å²) in [6.45, 7) is 4.48. The number of nitrogens with two attached hydrogens (primary N) is 1. The van der Waals surface area contributed by atoms with E-state index in [2.05, 4.69) is 6.92 Å². The van der Waals surface area contributed by atoms with Crippen LogP contribution in [0.15, 0.2) is 12.1 Å². The Morgan fingerprint density at radius 1 is 1.44 bits per heavy atom. The quantitative estimate of drug-likeness (QED) is 0.865. The van der Waals surface area contributed by atoms with Crippen LogP contribution in [-0.4, -0.2) is 13.2 Å². The highest BCUT2D eigenvalue weighted by molar-refractivity contribution is 6.32. The van der Waals surface area contributed by atoms with Gasteiger partial charge in [0, 0.05) is 6.54 Å². The van der Waals surface area contributed by atoms with Gasteiger partial charge in [-0.25, -0.2) is 0 Å². The summed E-state index contributed by atoms with van der Waals surface area (Å²) in [6.07, 6.45) is 1.02. The predicted octanol–water partition coefficient (Wildman–Crippen LogP) is 2.98. The fourth-order valence-electron chi connectivity index (χ4n) is 1.29. The first-order chi connectivity index (χ1) is 7.62. The van der Waals surface area contributed by atoms with Gasteiger partial charge in [0.2, 0.25) is 0 Å². The van der Waals surface area contributed by atoms with Crippen molar-refractivity contribution in [3.8, 4) is 11.5 Å². The zero-order valence-corrected chi connectivity index (χ0v) is 10.7. The van der Waals surface area contributed by atoms with Gasteiger partial charge < -0.3 is 15.2 Å². The molecule has 0 spiro atoms. The van der Waals surface area contributed by atoms with E-state index in [4.69, 9.17) is 26.8 Å². The summed E-state index contributed by atoms with van der Waals surface area (Å²) in [4.78, 5) is 0. The lowest BCUT2D eigenvalue weighted by atomic mass is 10.2. The Morgan fingerprint density at radius 2 is 2.12 bits per heavy atom. The fourth-order valence-corrected chi connectivity index (χ4v) is 1.57. The molecule has 90 valence electrons. The van der Waals surface area contributed by atoms with Gasteiger partial charge in [0.05, 0.1) is 18.2 Å². The maximum Gasteiger partial charge on any atom is 0.180 e. The summed E-state index contributed by atoms with van der Waals surface area (Å²) >= 11 is 6.13. The van der Waals surface area contributed by atoms with Crippen molar-refractivity contribution in [1.82, 2.24) is 0 Å². The van der Waals surface area contributed by atoms with Crippen molar-refractivity contribution < 1.29 is 9.47 Å². The van der Waals surface area contributed by atoms with E-state index in [0.717, 1.165) is 12.0 Å². The Bertz CT molecular complexity index is 355. The van der Waals surface area contributed by atoms with E-state index in [1.807, 2.05) is 19.1 Å². The first-order valence-corrected chi connectivity index (χ1v) is 5.73. The highest BCUT2D eigenvalue weighted by Gasteiger charge is 2.13. The first-order valence-electron chi connectivity index (χ1n) is 5.35. The highest BCUT2D eigenvalue weighted by atomic mass is 35.5. The molecule has 1 unspecified atom stereocenters. The number of rotatable bonds is 5. The molecule has 0 fully saturated rings. The van der Waals surface area contributed by atoms with Crippen molar-refractivity contribution in [3.63, 3.8) is 0 Å². The standard InChI is InChI=1S/C12H18ClNO2/c1-4-8(2)16-12-10(13)5-9(7-14)6-11(12)15-3/h5-6,8H,4,7,14H2,1-3H3. The second-order valence-corrected chi connectivity index (χ2v) is 4.06. The molecule has 1 aromatic carbocycles. The summed E-state index contributed by atoms with van der Waals surface area (Å²) in [5, 5.41) is 0.542. The number of halogens is 1. The Balaban J connectivity index is 3.06. The van der Waals surface area contributed by atoms with Crippen LogP contribution in [0, 0.1) is 0 Å². The molecule has 2 N–H and O–H groups in total. The molecule has 1 atom stereocenters. The Kier molecular flexibility index (Phi) is 4.90. The number of methoxy groups -OCH3 is 1. The molecule has 4 heteroatoms. The number of hydrogen-bond acceptors (Lipinski definition) is 3. The van der Waals surface area contributed by atoms with Gasteiger partial charge in [-0.3, -0.25) is 0 Å². The van der Waals surface area contributed by atoms with Crippen molar-refractivity contribution in [2.24, 2.45) is 5.73 Å². The van der Waals surface area contributed by atoms with Gasteiger partial charge in [-0.2, -0.15) is 0 Å². The maximum absolute atomic E-state index is 6.13. The SMILES string of the molecule is CCC(C)Oc1c(Cl)cc(CN)cc1OC. The van der Waals surface area contributed by atoms with Crippen LogP contribution in [0.4, 0.5) is 0 Å². The van der Waals surface area contributed by atoms with Gasteiger partial charge in [-0.1, -0.05) is 18.5 Å². The van der Waals surface area contributed by atoms with E-state index >= 15 is 0 Å². The molecular weight excluding hydrogens is 226 g/mol. The summed E-state index contributed by atoms with van der Waals surface area (Å²) in [5.74, 6) is 1.23. The van der Waals surface area contributed by atoms with Crippen LogP contribution >= 0.6 is 11.6 Å². The van der Waals surface area contributed by atoms with Crippen LogP contribution in [0.25, 0.3) is 0 Å². The van der Waals surface area contributed by atoms with Gasteiger partial charge in [-0.15, -0.1) is 0 Å². The number of benzene rings is 1. The van der Waals surface area contributed by atoms with Crippen LogP contribution in [0.5, 0.6) is 11.5 Å².